The standard InChI is InChI=1S/C33H23N3O3/c34-17-21-7-1-2-8-22(21)19-39-23-15-13-20(14-16-23)18-35-36-32(37)30-28-24-9-3-4-10-25(24)29(31(30)33(36)38)27-12-6-5-11-26(27)28/h1-16,18,28-31H,19H2. The Morgan fingerprint density at radius 1 is 0.744 bits per heavy atom. The Morgan fingerprint density at radius 3 is 1.79 bits per heavy atom. The van der Waals surface area contributed by atoms with Crippen molar-refractivity contribution in [3.8, 4) is 11.8 Å². The molecule has 3 aliphatic carbocycles. The fourth-order valence-corrected chi connectivity index (χ4v) is 6.47. The van der Waals surface area contributed by atoms with Crippen LogP contribution in [0.1, 0.15) is 50.8 Å². The quantitative estimate of drug-likeness (QED) is 0.268. The number of hydrogen-bond donors (Lipinski definition) is 0. The molecule has 0 N–H and O–H groups in total. The molecule has 6 heteroatoms. The van der Waals surface area contributed by atoms with Crippen molar-refractivity contribution in [1.82, 2.24) is 5.01 Å². The number of benzene rings is 4. The Hall–Kier alpha value is -5.02. The lowest BCUT2D eigenvalue weighted by Gasteiger charge is -2.45. The summed E-state index contributed by atoms with van der Waals surface area (Å²) < 4.78 is 5.84. The van der Waals surface area contributed by atoms with E-state index in [2.05, 4.69) is 35.4 Å². The van der Waals surface area contributed by atoms with Crippen LogP contribution in [0.3, 0.4) is 0 Å². The number of hydrogen-bond acceptors (Lipinski definition) is 5. The minimum atomic E-state index is -0.448. The van der Waals surface area contributed by atoms with E-state index < -0.39 is 11.8 Å². The van der Waals surface area contributed by atoms with Crippen LogP contribution in [0.15, 0.2) is 102 Å². The molecule has 4 aromatic rings. The maximum Gasteiger partial charge on any atom is 0.254 e. The van der Waals surface area contributed by atoms with E-state index in [0.717, 1.165) is 38.4 Å². The number of carbonyl (C=O) groups is 2. The van der Waals surface area contributed by atoms with Crippen molar-refractivity contribution >= 4 is 18.0 Å². The molecule has 0 spiro atoms. The molecule has 8 rings (SSSR count). The monoisotopic (exact) mass is 509 g/mol. The second-order valence-electron chi connectivity index (χ2n) is 10.1. The number of ether oxygens (including phenoxy) is 1. The van der Waals surface area contributed by atoms with Gasteiger partial charge in [-0.3, -0.25) is 9.59 Å². The van der Waals surface area contributed by atoms with Gasteiger partial charge in [0.05, 0.1) is 29.7 Å². The molecule has 188 valence electrons. The number of carbonyl (C=O) groups excluding carboxylic acids is 2. The minimum absolute atomic E-state index is 0.147. The van der Waals surface area contributed by atoms with Crippen molar-refractivity contribution in [3.63, 3.8) is 0 Å². The number of amides is 2. The summed E-state index contributed by atoms with van der Waals surface area (Å²) in [4.78, 5) is 27.3. The lowest BCUT2D eigenvalue weighted by molar-refractivity contribution is -0.139. The zero-order valence-corrected chi connectivity index (χ0v) is 20.9. The fourth-order valence-electron chi connectivity index (χ4n) is 6.47. The van der Waals surface area contributed by atoms with Crippen LogP contribution in [0, 0.1) is 23.2 Å². The first kappa shape index (κ1) is 23.1. The van der Waals surface area contributed by atoms with Crippen molar-refractivity contribution < 1.29 is 14.3 Å². The van der Waals surface area contributed by atoms with Gasteiger partial charge in [0, 0.05) is 17.4 Å². The van der Waals surface area contributed by atoms with E-state index in [0.29, 0.717) is 11.3 Å². The number of nitriles is 1. The van der Waals surface area contributed by atoms with Gasteiger partial charge in [-0.25, -0.2) is 0 Å². The molecular weight excluding hydrogens is 486 g/mol. The molecule has 1 aliphatic heterocycles. The fraction of sp³-hybridized carbons (Fsp3) is 0.152. The zero-order valence-electron chi connectivity index (χ0n) is 20.9. The van der Waals surface area contributed by atoms with Crippen LogP contribution in [0.25, 0.3) is 0 Å². The predicted octanol–water partition coefficient (Wildman–Crippen LogP) is 5.36. The minimum Gasteiger partial charge on any atom is -0.489 e. The summed E-state index contributed by atoms with van der Waals surface area (Å²) >= 11 is 0. The Kier molecular flexibility index (Phi) is 5.38. The normalized spacial score (nSPS) is 22.4. The topological polar surface area (TPSA) is 82.8 Å². The average Bonchev–Trinajstić information content (AvgIpc) is 3.25. The van der Waals surface area contributed by atoms with E-state index in [1.807, 2.05) is 54.6 Å². The Morgan fingerprint density at radius 2 is 1.26 bits per heavy atom. The van der Waals surface area contributed by atoms with E-state index in [4.69, 9.17) is 4.74 Å². The van der Waals surface area contributed by atoms with Crippen molar-refractivity contribution in [2.45, 2.75) is 18.4 Å². The van der Waals surface area contributed by atoms with E-state index in [1.54, 1.807) is 24.4 Å². The van der Waals surface area contributed by atoms with Crippen LogP contribution >= 0.6 is 0 Å². The van der Waals surface area contributed by atoms with E-state index in [-0.39, 0.29) is 30.3 Å². The first-order chi connectivity index (χ1) is 19.2. The molecule has 0 saturated carbocycles. The highest BCUT2D eigenvalue weighted by Gasteiger charge is 2.61. The van der Waals surface area contributed by atoms with Gasteiger partial charge < -0.3 is 4.74 Å². The summed E-state index contributed by atoms with van der Waals surface area (Å²) in [5.41, 5.74) is 6.71. The number of imide groups is 1. The summed E-state index contributed by atoms with van der Waals surface area (Å²) in [7, 11) is 0. The molecule has 6 nitrogen and oxygen atoms in total. The van der Waals surface area contributed by atoms with Gasteiger partial charge in [-0.2, -0.15) is 15.4 Å². The van der Waals surface area contributed by atoms with E-state index in [9.17, 15) is 14.9 Å². The Labute approximate surface area is 225 Å². The van der Waals surface area contributed by atoms with Crippen LogP contribution in [0.4, 0.5) is 0 Å². The van der Waals surface area contributed by atoms with Crippen LogP contribution in [0.2, 0.25) is 0 Å². The van der Waals surface area contributed by atoms with Gasteiger partial charge in [0.2, 0.25) is 0 Å². The summed E-state index contributed by atoms with van der Waals surface area (Å²) in [5, 5.41) is 14.7. The predicted molar refractivity (Wildman–Crippen MR) is 145 cm³/mol. The smallest absolute Gasteiger partial charge is 0.254 e. The molecular formula is C33H23N3O3. The molecule has 1 fully saturated rings. The SMILES string of the molecule is N#Cc1ccccc1COc1ccc(C=NN2C(=O)C3C4c5ccccc5C(c5ccccc54)C3C2=O)cc1. The van der Waals surface area contributed by atoms with Crippen molar-refractivity contribution in [2.75, 3.05) is 0 Å². The lowest BCUT2D eigenvalue weighted by atomic mass is 9.55. The van der Waals surface area contributed by atoms with Crippen molar-refractivity contribution in [3.05, 3.63) is 136 Å². The molecule has 0 radical (unpaired) electrons. The molecule has 0 aromatic heterocycles. The van der Waals surface area contributed by atoms with E-state index in [1.165, 1.54) is 0 Å². The molecule has 1 saturated heterocycles. The second kappa shape index (κ2) is 9.07. The largest absolute Gasteiger partial charge is 0.489 e. The highest BCUT2D eigenvalue weighted by Crippen LogP contribution is 2.60. The highest BCUT2D eigenvalue weighted by molar-refractivity contribution is 6.08. The first-order valence-corrected chi connectivity index (χ1v) is 13.0. The summed E-state index contributed by atoms with van der Waals surface area (Å²) in [6.07, 6.45) is 1.55. The third-order valence-corrected chi connectivity index (χ3v) is 8.16. The van der Waals surface area contributed by atoms with Gasteiger partial charge in [0.15, 0.2) is 0 Å². The van der Waals surface area contributed by atoms with Crippen LogP contribution in [-0.4, -0.2) is 23.0 Å². The number of hydrazone groups is 1. The third-order valence-electron chi connectivity index (χ3n) is 8.16. The summed E-state index contributed by atoms with van der Waals surface area (Å²) in [6.45, 7) is 0.282. The molecule has 39 heavy (non-hydrogen) atoms. The van der Waals surface area contributed by atoms with Crippen LogP contribution < -0.4 is 4.74 Å². The number of nitrogens with zero attached hydrogens (tertiary/aromatic N) is 3. The maximum atomic E-state index is 13.7. The lowest BCUT2D eigenvalue weighted by Crippen LogP contribution is -2.41. The molecule has 2 atom stereocenters. The first-order valence-electron chi connectivity index (χ1n) is 13.0. The summed E-state index contributed by atoms with van der Waals surface area (Å²) in [5.74, 6) is -1.02. The third kappa shape index (κ3) is 3.58. The number of rotatable bonds is 5. The van der Waals surface area contributed by atoms with Gasteiger partial charge >= 0.3 is 0 Å². The van der Waals surface area contributed by atoms with Gasteiger partial charge in [-0.15, -0.1) is 0 Å². The molecule has 2 unspecified atom stereocenters. The van der Waals surface area contributed by atoms with Gasteiger partial charge in [-0.1, -0.05) is 66.7 Å². The highest BCUT2D eigenvalue weighted by atomic mass is 16.5. The Balaban J connectivity index is 1.12. The van der Waals surface area contributed by atoms with Crippen molar-refractivity contribution in [1.29, 1.82) is 5.26 Å². The Bertz CT molecular complexity index is 1590. The molecule has 4 aliphatic rings. The molecule has 1 heterocycles. The average molecular weight is 510 g/mol. The maximum absolute atomic E-state index is 13.7. The van der Waals surface area contributed by atoms with Crippen molar-refractivity contribution in [2.24, 2.45) is 16.9 Å². The molecule has 2 amide bonds. The van der Waals surface area contributed by atoms with Gasteiger partial charge in [-0.05, 0) is 58.1 Å². The van der Waals surface area contributed by atoms with Crippen LogP contribution in [-0.2, 0) is 16.2 Å². The zero-order chi connectivity index (χ0) is 26.5. The molecule has 4 aromatic carbocycles. The molecule has 2 bridgehead atoms. The van der Waals surface area contributed by atoms with E-state index >= 15 is 0 Å². The van der Waals surface area contributed by atoms with Gasteiger partial charge in [0.25, 0.3) is 11.8 Å². The van der Waals surface area contributed by atoms with Crippen LogP contribution in [0.5, 0.6) is 5.75 Å². The van der Waals surface area contributed by atoms with Gasteiger partial charge in [0.1, 0.15) is 12.4 Å². The second-order valence-corrected chi connectivity index (χ2v) is 10.1. The summed E-state index contributed by atoms with van der Waals surface area (Å²) in [6, 6.07) is 33.1.